The zero-order valence-corrected chi connectivity index (χ0v) is 12.0. The first-order valence-electron chi connectivity index (χ1n) is 6.52. The molecule has 1 aromatic rings. The molecule has 1 aromatic heterocycles. The molecule has 1 aliphatic carbocycles. The molecular weight excluding hydrogens is 310 g/mol. The van der Waals surface area contributed by atoms with Crippen molar-refractivity contribution in [1.82, 2.24) is 4.98 Å². The van der Waals surface area contributed by atoms with Crippen molar-refractivity contribution in [3.63, 3.8) is 0 Å². The number of amides is 1. The quantitative estimate of drug-likeness (QED) is 0.828. The fourth-order valence-corrected chi connectivity index (χ4v) is 3.05. The minimum Gasteiger partial charge on any atom is -0.476 e. The molecule has 1 unspecified atom stereocenters. The van der Waals surface area contributed by atoms with E-state index in [1.165, 1.54) is 0 Å². The summed E-state index contributed by atoms with van der Waals surface area (Å²) < 4.78 is 6.69. The van der Waals surface area contributed by atoms with Crippen LogP contribution in [0.15, 0.2) is 16.7 Å². The molecule has 2 heterocycles. The lowest BCUT2D eigenvalue weighted by Gasteiger charge is -2.34. The minimum absolute atomic E-state index is 0.0946. The SMILES string of the molecule is NC1CCC(C2Oc3cc(Br)cnc3NC2=O)CC1. The number of carbonyl (C=O) groups excluding carboxylic acids is 1. The van der Waals surface area contributed by atoms with Crippen LogP contribution in [0.4, 0.5) is 5.82 Å². The largest absolute Gasteiger partial charge is 0.476 e. The van der Waals surface area contributed by atoms with Crippen LogP contribution in [0, 0.1) is 5.92 Å². The monoisotopic (exact) mass is 325 g/mol. The fourth-order valence-electron chi connectivity index (χ4n) is 2.74. The van der Waals surface area contributed by atoms with Crippen molar-refractivity contribution in [3.8, 4) is 5.75 Å². The summed E-state index contributed by atoms with van der Waals surface area (Å²) in [6.45, 7) is 0. The van der Waals surface area contributed by atoms with Crippen LogP contribution in [0.5, 0.6) is 5.75 Å². The summed E-state index contributed by atoms with van der Waals surface area (Å²) in [4.78, 5) is 16.2. The van der Waals surface area contributed by atoms with Crippen molar-refractivity contribution in [1.29, 1.82) is 0 Å². The van der Waals surface area contributed by atoms with Crippen LogP contribution in [0.25, 0.3) is 0 Å². The second-order valence-electron chi connectivity index (χ2n) is 5.20. The van der Waals surface area contributed by atoms with Gasteiger partial charge in [-0.3, -0.25) is 4.79 Å². The third-order valence-electron chi connectivity index (χ3n) is 3.82. The first kappa shape index (κ1) is 12.9. The highest BCUT2D eigenvalue weighted by molar-refractivity contribution is 9.10. The van der Waals surface area contributed by atoms with E-state index < -0.39 is 6.10 Å². The molecule has 0 aromatic carbocycles. The van der Waals surface area contributed by atoms with Gasteiger partial charge >= 0.3 is 0 Å². The average Bonchev–Trinajstić information content (AvgIpc) is 2.40. The van der Waals surface area contributed by atoms with E-state index in [-0.39, 0.29) is 17.9 Å². The maximum absolute atomic E-state index is 12.1. The molecule has 1 amide bonds. The van der Waals surface area contributed by atoms with Gasteiger partial charge in [0.1, 0.15) is 0 Å². The normalized spacial score (nSPS) is 30.2. The van der Waals surface area contributed by atoms with Gasteiger partial charge in [0.15, 0.2) is 17.7 Å². The number of hydrogen-bond donors (Lipinski definition) is 2. The lowest BCUT2D eigenvalue weighted by Crippen LogP contribution is -2.45. The molecule has 102 valence electrons. The van der Waals surface area contributed by atoms with E-state index in [4.69, 9.17) is 10.5 Å². The van der Waals surface area contributed by atoms with Gasteiger partial charge in [0, 0.05) is 22.6 Å². The summed E-state index contributed by atoms with van der Waals surface area (Å²) in [5, 5.41) is 2.82. The fraction of sp³-hybridized carbons (Fsp3) is 0.538. The third-order valence-corrected chi connectivity index (χ3v) is 4.25. The third kappa shape index (κ3) is 2.60. The van der Waals surface area contributed by atoms with Crippen LogP contribution in [0.1, 0.15) is 25.7 Å². The second kappa shape index (κ2) is 5.09. The Kier molecular flexibility index (Phi) is 3.45. The summed E-state index contributed by atoms with van der Waals surface area (Å²) >= 11 is 3.36. The average molecular weight is 326 g/mol. The number of nitrogens with two attached hydrogens (primary N) is 1. The van der Waals surface area contributed by atoms with Crippen LogP contribution in [-0.4, -0.2) is 23.0 Å². The molecule has 0 radical (unpaired) electrons. The summed E-state index contributed by atoms with van der Waals surface area (Å²) in [6, 6.07) is 2.11. The van der Waals surface area contributed by atoms with E-state index in [0.29, 0.717) is 11.6 Å². The Labute approximate surface area is 120 Å². The van der Waals surface area contributed by atoms with E-state index in [2.05, 4.69) is 26.2 Å². The number of rotatable bonds is 1. The van der Waals surface area contributed by atoms with Crippen molar-refractivity contribution >= 4 is 27.7 Å². The Bertz CT molecular complexity index is 501. The van der Waals surface area contributed by atoms with E-state index in [1.807, 2.05) is 6.07 Å². The molecule has 1 saturated carbocycles. The second-order valence-corrected chi connectivity index (χ2v) is 6.12. The van der Waals surface area contributed by atoms with Crippen LogP contribution in [0.2, 0.25) is 0 Å². The Hall–Kier alpha value is -1.14. The number of pyridine rings is 1. The van der Waals surface area contributed by atoms with Gasteiger partial charge in [0.05, 0.1) is 0 Å². The summed E-state index contributed by atoms with van der Waals surface area (Å²) in [6.07, 6.45) is 5.02. The number of nitrogens with zero attached hydrogens (tertiary/aromatic N) is 1. The van der Waals surface area contributed by atoms with Crippen LogP contribution >= 0.6 is 15.9 Å². The first-order valence-corrected chi connectivity index (χ1v) is 7.31. The van der Waals surface area contributed by atoms with Gasteiger partial charge in [-0.15, -0.1) is 0 Å². The summed E-state index contributed by atoms with van der Waals surface area (Å²) in [7, 11) is 0. The van der Waals surface area contributed by atoms with Crippen molar-refractivity contribution in [3.05, 3.63) is 16.7 Å². The maximum atomic E-state index is 12.1. The van der Waals surface area contributed by atoms with Gasteiger partial charge in [-0.25, -0.2) is 4.98 Å². The molecule has 0 spiro atoms. The smallest absolute Gasteiger partial charge is 0.266 e. The van der Waals surface area contributed by atoms with Gasteiger partial charge in [0.2, 0.25) is 0 Å². The van der Waals surface area contributed by atoms with E-state index in [9.17, 15) is 4.79 Å². The standard InChI is InChI=1S/C13H16BrN3O2/c14-8-5-10-12(16-6-8)17-13(18)11(19-10)7-1-3-9(15)4-2-7/h5-7,9,11H,1-4,15H2,(H,16,17,18). The molecule has 0 bridgehead atoms. The maximum Gasteiger partial charge on any atom is 0.266 e. The number of fused-ring (bicyclic) bond motifs is 1. The minimum atomic E-state index is -0.420. The Morgan fingerprint density at radius 3 is 2.84 bits per heavy atom. The van der Waals surface area contributed by atoms with Crippen molar-refractivity contribution in [2.24, 2.45) is 11.7 Å². The highest BCUT2D eigenvalue weighted by Crippen LogP contribution is 2.35. The Balaban J connectivity index is 1.79. The highest BCUT2D eigenvalue weighted by atomic mass is 79.9. The topological polar surface area (TPSA) is 77.2 Å². The number of halogens is 1. The van der Waals surface area contributed by atoms with E-state index in [1.54, 1.807) is 6.20 Å². The molecule has 5 nitrogen and oxygen atoms in total. The molecule has 0 saturated heterocycles. The molecule has 2 aliphatic rings. The van der Waals surface area contributed by atoms with Crippen LogP contribution in [-0.2, 0) is 4.79 Å². The molecule has 3 rings (SSSR count). The molecule has 6 heteroatoms. The lowest BCUT2D eigenvalue weighted by molar-refractivity contribution is -0.126. The molecule has 19 heavy (non-hydrogen) atoms. The first-order chi connectivity index (χ1) is 9.13. The van der Waals surface area contributed by atoms with Crippen molar-refractivity contribution < 1.29 is 9.53 Å². The van der Waals surface area contributed by atoms with Crippen molar-refractivity contribution in [2.45, 2.75) is 37.8 Å². The lowest BCUT2D eigenvalue weighted by atomic mass is 9.82. The Morgan fingerprint density at radius 1 is 1.37 bits per heavy atom. The predicted molar refractivity (Wildman–Crippen MR) is 74.9 cm³/mol. The van der Waals surface area contributed by atoms with Crippen LogP contribution < -0.4 is 15.8 Å². The Morgan fingerprint density at radius 2 is 2.11 bits per heavy atom. The van der Waals surface area contributed by atoms with Crippen LogP contribution in [0.3, 0.4) is 0 Å². The van der Waals surface area contributed by atoms with Gasteiger partial charge in [-0.05, 0) is 47.7 Å². The summed E-state index contributed by atoms with van der Waals surface area (Å²) in [5.74, 6) is 1.28. The summed E-state index contributed by atoms with van der Waals surface area (Å²) in [5.41, 5.74) is 5.90. The van der Waals surface area contributed by atoms with Gasteiger partial charge in [0.25, 0.3) is 5.91 Å². The van der Waals surface area contributed by atoms with E-state index >= 15 is 0 Å². The number of hydrogen-bond acceptors (Lipinski definition) is 4. The number of nitrogens with one attached hydrogen (secondary N) is 1. The molecule has 3 N–H and O–H groups in total. The molecule has 1 fully saturated rings. The molecule has 1 atom stereocenters. The number of anilines is 1. The molecule has 1 aliphatic heterocycles. The van der Waals surface area contributed by atoms with Gasteiger partial charge in [-0.1, -0.05) is 0 Å². The zero-order chi connectivity index (χ0) is 13.4. The number of carbonyl (C=O) groups is 1. The zero-order valence-electron chi connectivity index (χ0n) is 10.4. The van der Waals surface area contributed by atoms with Gasteiger partial charge < -0.3 is 15.8 Å². The number of ether oxygens (including phenoxy) is 1. The predicted octanol–water partition coefficient (Wildman–Crippen LogP) is 2.06. The van der Waals surface area contributed by atoms with Gasteiger partial charge in [-0.2, -0.15) is 0 Å². The highest BCUT2D eigenvalue weighted by Gasteiger charge is 2.36. The number of aromatic nitrogens is 1. The van der Waals surface area contributed by atoms with Crippen molar-refractivity contribution in [2.75, 3.05) is 5.32 Å². The van der Waals surface area contributed by atoms with E-state index in [0.717, 1.165) is 30.2 Å². The molecular formula is C13H16BrN3O2.